The first-order chi connectivity index (χ1) is 16.9. The molecular weight excluding hydrogens is 504 g/mol. The van der Waals surface area contributed by atoms with Gasteiger partial charge in [0.25, 0.3) is 5.95 Å². The quantitative estimate of drug-likeness (QED) is 0.529. The van der Waals surface area contributed by atoms with E-state index >= 15 is 0 Å². The summed E-state index contributed by atoms with van der Waals surface area (Å²) >= 11 is 0. The van der Waals surface area contributed by atoms with E-state index in [1.54, 1.807) is 9.80 Å². The van der Waals surface area contributed by atoms with Crippen LogP contribution in [0.2, 0.25) is 0 Å². The fraction of sp³-hybridized carbons (Fsp3) is 0.609. The molecule has 36 heavy (non-hydrogen) atoms. The topological polar surface area (TPSA) is 96.6 Å². The molecule has 0 radical (unpaired) electrons. The fourth-order valence-corrected chi connectivity index (χ4v) is 5.80. The molecule has 5 rings (SSSR count). The van der Waals surface area contributed by atoms with Crippen LogP contribution in [-0.4, -0.2) is 67.5 Å². The molecule has 0 spiro atoms. The molecule has 13 heteroatoms. The maximum atomic E-state index is 14.5. The van der Waals surface area contributed by atoms with Gasteiger partial charge in [-0.05, 0) is 61.4 Å². The third-order valence-corrected chi connectivity index (χ3v) is 8.69. The molecular formula is C23H26F4N4O4S. The Kier molecular flexibility index (Phi) is 6.04. The molecule has 3 heterocycles. The van der Waals surface area contributed by atoms with E-state index in [9.17, 15) is 30.8 Å². The number of halogens is 4. The highest BCUT2D eigenvalue weighted by atomic mass is 32.2. The number of aromatic nitrogens is 2. The van der Waals surface area contributed by atoms with E-state index in [2.05, 4.69) is 10.1 Å². The standard InChI is InChI=1S/C23H26F4N4O4S/c1-36(33,34)17-3-2-14(18(24)13-17)12-15-4-11-31(19(15)32)16-5-9-30(10-6-16)21-28-20(35-29-21)22(7-8-22)23(25,26)27/h2-3,13,15-16H,4-12H2,1H3/t15-/m1/s1. The molecule has 3 fully saturated rings. The minimum atomic E-state index is -4.42. The Morgan fingerprint density at radius 2 is 1.83 bits per heavy atom. The Labute approximate surface area is 205 Å². The molecule has 8 nitrogen and oxygen atoms in total. The van der Waals surface area contributed by atoms with E-state index in [1.807, 2.05) is 0 Å². The minimum Gasteiger partial charge on any atom is -0.339 e. The Morgan fingerprint density at radius 1 is 1.14 bits per heavy atom. The number of amides is 1. The van der Waals surface area contributed by atoms with Gasteiger partial charge in [0, 0.05) is 37.8 Å². The zero-order valence-corrected chi connectivity index (χ0v) is 20.4. The molecule has 2 saturated heterocycles. The molecule has 1 amide bonds. The average Bonchev–Trinajstić information content (AvgIpc) is 3.36. The van der Waals surface area contributed by atoms with Crippen molar-refractivity contribution in [3.05, 3.63) is 35.5 Å². The third kappa shape index (κ3) is 4.46. The second-order valence-corrected chi connectivity index (χ2v) is 12.0. The molecule has 1 aliphatic carbocycles. The van der Waals surface area contributed by atoms with Gasteiger partial charge in [0.1, 0.15) is 11.2 Å². The normalized spacial score (nSPS) is 22.9. The van der Waals surface area contributed by atoms with Gasteiger partial charge in [-0.2, -0.15) is 18.2 Å². The van der Waals surface area contributed by atoms with E-state index in [0.29, 0.717) is 44.5 Å². The van der Waals surface area contributed by atoms with Crippen molar-refractivity contribution in [1.82, 2.24) is 15.0 Å². The summed E-state index contributed by atoms with van der Waals surface area (Å²) in [5.74, 6) is -1.35. The number of hydrogen-bond acceptors (Lipinski definition) is 7. The highest BCUT2D eigenvalue weighted by Crippen LogP contribution is 2.58. The van der Waals surface area contributed by atoms with Gasteiger partial charge in [-0.1, -0.05) is 6.07 Å². The van der Waals surface area contributed by atoms with Crippen LogP contribution in [0.5, 0.6) is 0 Å². The Morgan fingerprint density at radius 3 is 2.42 bits per heavy atom. The van der Waals surface area contributed by atoms with Crippen LogP contribution in [0, 0.1) is 11.7 Å². The lowest BCUT2D eigenvalue weighted by atomic mass is 9.97. The van der Waals surface area contributed by atoms with Gasteiger partial charge < -0.3 is 14.3 Å². The van der Waals surface area contributed by atoms with Crippen LogP contribution in [0.1, 0.15) is 43.6 Å². The number of carbonyl (C=O) groups excluding carboxylic acids is 1. The number of hydrogen-bond donors (Lipinski definition) is 0. The Hall–Kier alpha value is -2.70. The summed E-state index contributed by atoms with van der Waals surface area (Å²) in [7, 11) is -3.52. The predicted molar refractivity (Wildman–Crippen MR) is 120 cm³/mol. The van der Waals surface area contributed by atoms with Crippen molar-refractivity contribution in [1.29, 1.82) is 0 Å². The van der Waals surface area contributed by atoms with Crippen LogP contribution >= 0.6 is 0 Å². The van der Waals surface area contributed by atoms with E-state index in [4.69, 9.17) is 4.52 Å². The number of rotatable bonds is 6. The summed E-state index contributed by atoms with van der Waals surface area (Å²) in [6.45, 7) is 1.48. The van der Waals surface area contributed by atoms with Gasteiger partial charge in [-0.25, -0.2) is 12.8 Å². The van der Waals surface area contributed by atoms with Crippen molar-refractivity contribution in [3.63, 3.8) is 0 Å². The highest BCUT2D eigenvalue weighted by molar-refractivity contribution is 7.90. The van der Waals surface area contributed by atoms with E-state index in [0.717, 1.165) is 12.3 Å². The summed E-state index contributed by atoms with van der Waals surface area (Å²) in [6.07, 6.45) is -1.55. The monoisotopic (exact) mass is 530 g/mol. The molecule has 3 aliphatic rings. The first-order valence-corrected chi connectivity index (χ1v) is 13.7. The lowest BCUT2D eigenvalue weighted by Crippen LogP contribution is -2.46. The van der Waals surface area contributed by atoms with E-state index < -0.39 is 33.2 Å². The maximum absolute atomic E-state index is 14.5. The van der Waals surface area contributed by atoms with Crippen LogP contribution in [0.3, 0.4) is 0 Å². The summed E-state index contributed by atoms with van der Waals surface area (Å²) in [5, 5.41) is 3.77. The van der Waals surface area contributed by atoms with Crippen LogP contribution in [0.4, 0.5) is 23.5 Å². The van der Waals surface area contributed by atoms with Gasteiger partial charge in [0.05, 0.1) is 4.90 Å². The number of sulfone groups is 1. The van der Waals surface area contributed by atoms with E-state index in [1.165, 1.54) is 12.1 Å². The number of benzene rings is 1. The molecule has 1 saturated carbocycles. The van der Waals surface area contributed by atoms with Crippen molar-refractivity contribution in [3.8, 4) is 0 Å². The second kappa shape index (κ2) is 8.70. The second-order valence-electron chi connectivity index (χ2n) is 9.94. The first-order valence-electron chi connectivity index (χ1n) is 11.8. The van der Waals surface area contributed by atoms with E-state index in [-0.39, 0.29) is 47.9 Å². The minimum absolute atomic E-state index is 0.0347. The van der Waals surface area contributed by atoms with Crippen molar-refractivity contribution in [2.45, 2.75) is 61.1 Å². The smallest absolute Gasteiger partial charge is 0.339 e. The van der Waals surface area contributed by atoms with Crippen LogP contribution < -0.4 is 4.90 Å². The van der Waals surface area contributed by atoms with Gasteiger partial charge in [0.2, 0.25) is 11.8 Å². The van der Waals surface area contributed by atoms with Gasteiger partial charge in [-0.3, -0.25) is 4.79 Å². The average molecular weight is 531 g/mol. The largest absolute Gasteiger partial charge is 0.403 e. The van der Waals surface area contributed by atoms with Gasteiger partial charge in [-0.15, -0.1) is 0 Å². The molecule has 0 unspecified atom stereocenters. The first kappa shape index (κ1) is 25.0. The molecule has 2 aromatic rings. The highest BCUT2D eigenvalue weighted by Gasteiger charge is 2.68. The lowest BCUT2D eigenvalue weighted by Gasteiger charge is -2.36. The zero-order chi connectivity index (χ0) is 25.9. The number of carbonyl (C=O) groups is 1. The number of piperidine rings is 1. The molecule has 1 aromatic heterocycles. The number of alkyl halides is 3. The Bertz CT molecular complexity index is 1270. The number of likely N-dealkylation sites (tertiary alicyclic amines) is 1. The number of anilines is 1. The molecule has 2 aliphatic heterocycles. The van der Waals surface area contributed by atoms with Crippen molar-refractivity contribution in [2.75, 3.05) is 30.8 Å². The third-order valence-electron chi connectivity index (χ3n) is 7.58. The molecule has 1 atom stereocenters. The molecule has 0 bridgehead atoms. The van der Waals surface area contributed by atoms with Gasteiger partial charge >= 0.3 is 6.18 Å². The van der Waals surface area contributed by atoms with Crippen LogP contribution in [0.25, 0.3) is 0 Å². The summed E-state index contributed by atoms with van der Waals surface area (Å²) in [4.78, 5) is 20.6. The molecule has 0 N–H and O–H groups in total. The summed E-state index contributed by atoms with van der Waals surface area (Å²) in [5.41, 5.74) is -1.71. The summed E-state index contributed by atoms with van der Waals surface area (Å²) < 4.78 is 82.7. The lowest BCUT2D eigenvalue weighted by molar-refractivity contribution is -0.166. The predicted octanol–water partition coefficient (Wildman–Crippen LogP) is 3.27. The Balaban J connectivity index is 1.18. The fourth-order valence-electron chi connectivity index (χ4n) is 5.16. The SMILES string of the molecule is CS(=O)(=O)c1ccc(C[C@H]2CCN(C3CCN(c4noc(C5(C(F)(F)F)CC5)n4)CC3)C2=O)c(F)c1. The van der Waals surface area contributed by atoms with Crippen molar-refractivity contribution >= 4 is 21.7 Å². The summed E-state index contributed by atoms with van der Waals surface area (Å²) in [6, 6.07) is 3.72. The van der Waals surface area contributed by atoms with Crippen LogP contribution in [0.15, 0.2) is 27.6 Å². The molecule has 1 aromatic carbocycles. The van der Waals surface area contributed by atoms with Crippen molar-refractivity contribution in [2.24, 2.45) is 5.92 Å². The number of nitrogens with zero attached hydrogens (tertiary/aromatic N) is 4. The zero-order valence-electron chi connectivity index (χ0n) is 19.6. The molecule has 196 valence electrons. The van der Waals surface area contributed by atoms with Gasteiger partial charge in [0.15, 0.2) is 9.84 Å². The van der Waals surface area contributed by atoms with Crippen molar-refractivity contribution < 1.29 is 35.3 Å². The van der Waals surface area contributed by atoms with Crippen LogP contribution in [-0.2, 0) is 26.5 Å². The maximum Gasteiger partial charge on any atom is 0.403 e.